The van der Waals surface area contributed by atoms with Crippen LogP contribution in [0.1, 0.15) is 58.9 Å². The van der Waals surface area contributed by atoms with Gasteiger partial charge in [0.05, 0.1) is 43.7 Å². The molecule has 0 saturated carbocycles. The van der Waals surface area contributed by atoms with E-state index in [0.29, 0.717) is 41.3 Å². The first-order valence-electron chi connectivity index (χ1n) is 11.2. The summed E-state index contributed by atoms with van der Waals surface area (Å²) in [5.74, 6) is 0.609. The molecule has 2 heterocycles. The molecule has 33 heavy (non-hydrogen) atoms. The van der Waals surface area contributed by atoms with Gasteiger partial charge >= 0.3 is 5.97 Å². The van der Waals surface area contributed by atoms with Gasteiger partial charge in [0.25, 0.3) is 5.91 Å². The number of fused-ring (bicyclic) bond motifs is 2. The van der Waals surface area contributed by atoms with Crippen LogP contribution in [0.2, 0.25) is 0 Å². The summed E-state index contributed by atoms with van der Waals surface area (Å²) in [6.07, 6.45) is 7.49. The zero-order chi connectivity index (χ0) is 23.4. The molecule has 0 saturated heterocycles. The van der Waals surface area contributed by atoms with E-state index in [1.165, 1.54) is 7.11 Å². The fourth-order valence-corrected chi connectivity index (χ4v) is 4.04. The lowest BCUT2D eigenvalue weighted by Crippen LogP contribution is -2.32. The molecule has 0 radical (unpaired) electrons. The summed E-state index contributed by atoms with van der Waals surface area (Å²) in [7, 11) is 2.93. The standard InChI is InChI=1S/C26H28N2O5/c1-4-5-6-11-33-24-14-22-21(13-23(24)31-2)25(29)28-16-19(12-20(28)15-27-22)17-7-9-18(10-8-17)26(30)32-3/h7-10,13-16,20H,4-6,11-12H2,1-3H3. The van der Waals surface area contributed by atoms with Gasteiger partial charge in [-0.2, -0.15) is 0 Å². The topological polar surface area (TPSA) is 77.4 Å². The number of ether oxygens (including phenoxy) is 3. The Labute approximate surface area is 193 Å². The summed E-state index contributed by atoms with van der Waals surface area (Å²) < 4.78 is 16.2. The van der Waals surface area contributed by atoms with E-state index in [4.69, 9.17) is 14.2 Å². The van der Waals surface area contributed by atoms with Crippen LogP contribution in [-0.4, -0.2) is 49.9 Å². The number of methoxy groups -OCH3 is 2. The van der Waals surface area contributed by atoms with E-state index in [1.807, 2.05) is 24.5 Å². The summed E-state index contributed by atoms with van der Waals surface area (Å²) in [5, 5.41) is 0. The summed E-state index contributed by atoms with van der Waals surface area (Å²) in [6.45, 7) is 2.74. The largest absolute Gasteiger partial charge is 0.493 e. The van der Waals surface area contributed by atoms with Crippen LogP contribution in [0.5, 0.6) is 11.5 Å². The van der Waals surface area contributed by atoms with E-state index >= 15 is 0 Å². The monoisotopic (exact) mass is 448 g/mol. The van der Waals surface area contributed by atoms with Crippen molar-refractivity contribution in [3.05, 3.63) is 59.3 Å². The third-order valence-corrected chi connectivity index (χ3v) is 5.90. The van der Waals surface area contributed by atoms with Crippen LogP contribution in [0.15, 0.2) is 47.6 Å². The second-order valence-corrected chi connectivity index (χ2v) is 8.06. The lowest BCUT2D eigenvalue weighted by atomic mass is 10.0. The van der Waals surface area contributed by atoms with Crippen molar-refractivity contribution in [2.24, 2.45) is 4.99 Å². The van der Waals surface area contributed by atoms with Gasteiger partial charge in [-0.1, -0.05) is 31.9 Å². The van der Waals surface area contributed by atoms with Gasteiger partial charge in [0.15, 0.2) is 11.5 Å². The summed E-state index contributed by atoms with van der Waals surface area (Å²) >= 11 is 0. The summed E-state index contributed by atoms with van der Waals surface area (Å²) in [5.41, 5.74) is 3.50. The Morgan fingerprint density at radius 3 is 2.61 bits per heavy atom. The third kappa shape index (κ3) is 4.62. The van der Waals surface area contributed by atoms with Gasteiger partial charge in [-0.05, 0) is 35.8 Å². The number of aliphatic imine (C=N–C) groups is 1. The average Bonchev–Trinajstić information content (AvgIpc) is 3.23. The van der Waals surface area contributed by atoms with Crippen molar-refractivity contribution in [1.82, 2.24) is 4.90 Å². The molecule has 0 fully saturated rings. The normalized spacial score (nSPS) is 16.6. The Bertz CT molecular complexity index is 1100. The van der Waals surface area contributed by atoms with Gasteiger partial charge in [0.1, 0.15) is 0 Å². The van der Waals surface area contributed by atoms with Crippen molar-refractivity contribution in [2.75, 3.05) is 20.8 Å². The maximum Gasteiger partial charge on any atom is 0.337 e. The third-order valence-electron chi connectivity index (χ3n) is 5.90. The average molecular weight is 449 g/mol. The number of esters is 1. The summed E-state index contributed by atoms with van der Waals surface area (Å²) in [4.78, 5) is 31.4. The van der Waals surface area contributed by atoms with E-state index in [-0.39, 0.29) is 17.9 Å². The van der Waals surface area contributed by atoms with Crippen molar-refractivity contribution >= 4 is 29.4 Å². The highest BCUT2D eigenvalue weighted by Gasteiger charge is 2.33. The van der Waals surface area contributed by atoms with Crippen LogP contribution >= 0.6 is 0 Å². The summed E-state index contributed by atoms with van der Waals surface area (Å²) in [6, 6.07) is 10.5. The van der Waals surface area contributed by atoms with Crippen LogP contribution in [0, 0.1) is 0 Å². The molecule has 0 aromatic heterocycles. The molecule has 0 aliphatic carbocycles. The van der Waals surface area contributed by atoms with Gasteiger partial charge in [-0.25, -0.2) is 4.79 Å². The molecular weight excluding hydrogens is 420 g/mol. The maximum atomic E-state index is 13.4. The number of nitrogens with zero attached hydrogens (tertiary/aromatic N) is 2. The zero-order valence-electron chi connectivity index (χ0n) is 19.2. The molecule has 2 aromatic carbocycles. The minimum absolute atomic E-state index is 0.135. The van der Waals surface area contributed by atoms with E-state index in [2.05, 4.69) is 11.9 Å². The molecule has 1 amide bonds. The quantitative estimate of drug-likeness (QED) is 0.418. The first-order valence-corrected chi connectivity index (χ1v) is 11.2. The Morgan fingerprint density at radius 2 is 1.91 bits per heavy atom. The predicted molar refractivity (Wildman–Crippen MR) is 126 cm³/mol. The molecule has 4 rings (SSSR count). The van der Waals surface area contributed by atoms with Crippen LogP contribution in [-0.2, 0) is 4.74 Å². The Morgan fingerprint density at radius 1 is 1.12 bits per heavy atom. The lowest BCUT2D eigenvalue weighted by molar-refractivity contribution is 0.0600. The van der Waals surface area contributed by atoms with Crippen LogP contribution < -0.4 is 9.47 Å². The van der Waals surface area contributed by atoms with Crippen molar-refractivity contribution < 1.29 is 23.8 Å². The molecular formula is C26H28N2O5. The van der Waals surface area contributed by atoms with Gasteiger partial charge in [-0.3, -0.25) is 9.79 Å². The van der Waals surface area contributed by atoms with Gasteiger partial charge < -0.3 is 19.1 Å². The van der Waals surface area contributed by atoms with E-state index < -0.39 is 0 Å². The van der Waals surface area contributed by atoms with Crippen molar-refractivity contribution in [3.8, 4) is 11.5 Å². The van der Waals surface area contributed by atoms with Gasteiger partial charge in [-0.15, -0.1) is 0 Å². The van der Waals surface area contributed by atoms with Crippen molar-refractivity contribution in [2.45, 2.75) is 38.6 Å². The highest BCUT2D eigenvalue weighted by Crippen LogP contribution is 2.39. The number of hydrogen-bond acceptors (Lipinski definition) is 6. The van der Waals surface area contributed by atoms with E-state index in [9.17, 15) is 9.59 Å². The fourth-order valence-electron chi connectivity index (χ4n) is 4.04. The number of carbonyl (C=O) groups excluding carboxylic acids is 2. The molecule has 7 heteroatoms. The molecule has 1 atom stereocenters. The predicted octanol–water partition coefficient (Wildman–Crippen LogP) is 5.02. The molecule has 1 unspecified atom stereocenters. The molecule has 7 nitrogen and oxygen atoms in total. The fraction of sp³-hybridized carbons (Fsp3) is 0.346. The molecule has 0 N–H and O–H groups in total. The molecule has 2 aliphatic heterocycles. The minimum atomic E-state index is -0.377. The van der Waals surface area contributed by atoms with Gasteiger partial charge in [0.2, 0.25) is 0 Å². The second-order valence-electron chi connectivity index (χ2n) is 8.06. The second kappa shape index (κ2) is 9.90. The van der Waals surface area contributed by atoms with Crippen LogP contribution in [0.25, 0.3) is 5.57 Å². The van der Waals surface area contributed by atoms with E-state index in [0.717, 1.165) is 30.4 Å². The molecule has 0 spiro atoms. The minimum Gasteiger partial charge on any atom is -0.493 e. The molecule has 2 aliphatic rings. The first kappa shape index (κ1) is 22.6. The van der Waals surface area contributed by atoms with Crippen molar-refractivity contribution in [3.63, 3.8) is 0 Å². The number of rotatable bonds is 8. The van der Waals surface area contributed by atoms with E-state index in [1.54, 1.807) is 36.3 Å². The lowest BCUT2D eigenvalue weighted by Gasteiger charge is -2.19. The highest BCUT2D eigenvalue weighted by atomic mass is 16.5. The Balaban J connectivity index is 1.58. The smallest absolute Gasteiger partial charge is 0.337 e. The number of benzene rings is 2. The van der Waals surface area contributed by atoms with Gasteiger partial charge in [0, 0.05) is 24.9 Å². The number of hydrogen-bond donors (Lipinski definition) is 0. The van der Waals surface area contributed by atoms with Crippen LogP contribution in [0.3, 0.4) is 0 Å². The zero-order valence-corrected chi connectivity index (χ0v) is 19.2. The van der Waals surface area contributed by atoms with Crippen molar-refractivity contribution in [1.29, 1.82) is 0 Å². The Hall–Kier alpha value is -3.61. The molecule has 172 valence electrons. The first-order chi connectivity index (χ1) is 16.0. The number of carbonyl (C=O) groups is 2. The SMILES string of the molecule is CCCCCOc1cc2c(cc1OC)C(=O)N1C=C(c3ccc(C(=O)OC)cc3)CC1C=N2. The Kier molecular flexibility index (Phi) is 6.77. The maximum absolute atomic E-state index is 13.4. The molecule has 0 bridgehead atoms. The molecule has 2 aromatic rings. The van der Waals surface area contributed by atoms with Crippen LogP contribution in [0.4, 0.5) is 5.69 Å². The highest BCUT2D eigenvalue weighted by molar-refractivity contribution is 6.05. The number of unbranched alkanes of at least 4 members (excludes halogenated alkanes) is 2. The number of amides is 1.